The zero-order valence-corrected chi connectivity index (χ0v) is 7.90. The highest BCUT2D eigenvalue weighted by Crippen LogP contribution is 2.29. The second-order valence-electron chi connectivity index (χ2n) is 3.36. The summed E-state index contributed by atoms with van der Waals surface area (Å²) in [6.07, 6.45) is 1.89. The SMILES string of the molecule is Nc1cc(-c2c[nH]c3ccccc23)on1. The van der Waals surface area contributed by atoms with Gasteiger partial charge in [0, 0.05) is 28.7 Å². The van der Waals surface area contributed by atoms with Crippen LogP contribution in [-0.4, -0.2) is 10.1 Å². The van der Waals surface area contributed by atoms with Crippen LogP contribution in [0.2, 0.25) is 0 Å². The summed E-state index contributed by atoms with van der Waals surface area (Å²) in [4.78, 5) is 3.17. The van der Waals surface area contributed by atoms with Gasteiger partial charge in [0.15, 0.2) is 11.6 Å². The molecule has 0 aliphatic rings. The van der Waals surface area contributed by atoms with Crippen LogP contribution in [0.1, 0.15) is 0 Å². The summed E-state index contributed by atoms with van der Waals surface area (Å²) < 4.78 is 5.12. The summed E-state index contributed by atoms with van der Waals surface area (Å²) in [6, 6.07) is 9.73. The number of benzene rings is 1. The largest absolute Gasteiger partial charge is 0.381 e. The number of nitrogen functional groups attached to an aromatic ring is 1. The summed E-state index contributed by atoms with van der Waals surface area (Å²) in [5, 5.41) is 4.77. The van der Waals surface area contributed by atoms with Gasteiger partial charge in [-0.3, -0.25) is 0 Å². The van der Waals surface area contributed by atoms with Crippen LogP contribution in [0.25, 0.3) is 22.2 Å². The van der Waals surface area contributed by atoms with Crippen molar-refractivity contribution in [3.8, 4) is 11.3 Å². The molecule has 3 aromatic rings. The molecular weight excluding hydrogens is 190 g/mol. The molecule has 0 radical (unpaired) electrons. The Labute approximate surface area is 85.7 Å². The number of aromatic amines is 1. The zero-order valence-electron chi connectivity index (χ0n) is 7.90. The van der Waals surface area contributed by atoms with E-state index in [-0.39, 0.29) is 0 Å². The molecule has 0 fully saturated rings. The Morgan fingerprint density at radius 3 is 2.93 bits per heavy atom. The second-order valence-corrected chi connectivity index (χ2v) is 3.36. The van der Waals surface area contributed by atoms with Crippen molar-refractivity contribution in [2.75, 3.05) is 5.73 Å². The van der Waals surface area contributed by atoms with Gasteiger partial charge in [-0.25, -0.2) is 0 Å². The van der Waals surface area contributed by atoms with E-state index >= 15 is 0 Å². The maximum absolute atomic E-state index is 5.51. The van der Waals surface area contributed by atoms with Crippen molar-refractivity contribution in [3.63, 3.8) is 0 Å². The van der Waals surface area contributed by atoms with Crippen molar-refractivity contribution >= 4 is 16.7 Å². The lowest BCUT2D eigenvalue weighted by Crippen LogP contribution is -1.79. The fourth-order valence-corrected chi connectivity index (χ4v) is 1.69. The first kappa shape index (κ1) is 8.11. The Kier molecular flexibility index (Phi) is 1.56. The van der Waals surface area contributed by atoms with Gasteiger partial charge in [-0.1, -0.05) is 23.4 Å². The first-order valence-corrected chi connectivity index (χ1v) is 4.63. The molecule has 0 spiro atoms. The van der Waals surface area contributed by atoms with Crippen LogP contribution < -0.4 is 5.73 Å². The van der Waals surface area contributed by atoms with E-state index in [9.17, 15) is 0 Å². The fraction of sp³-hybridized carbons (Fsp3) is 0. The molecule has 2 aromatic heterocycles. The molecule has 0 bridgehead atoms. The quantitative estimate of drug-likeness (QED) is 0.632. The number of nitrogens with zero attached hydrogens (tertiary/aromatic N) is 1. The van der Waals surface area contributed by atoms with Crippen LogP contribution in [0.15, 0.2) is 41.1 Å². The number of aromatic nitrogens is 2. The predicted octanol–water partition coefficient (Wildman–Crippen LogP) is 2.41. The molecule has 3 rings (SSSR count). The number of rotatable bonds is 1. The standard InChI is InChI=1S/C11H9N3O/c12-11-5-10(15-14-11)8-6-13-9-4-2-1-3-7(8)9/h1-6,13H,(H2,12,14). The maximum Gasteiger partial charge on any atom is 0.171 e. The lowest BCUT2D eigenvalue weighted by Gasteiger charge is -1.91. The lowest BCUT2D eigenvalue weighted by atomic mass is 10.1. The molecule has 0 unspecified atom stereocenters. The highest BCUT2D eigenvalue weighted by molar-refractivity contribution is 5.94. The average molecular weight is 199 g/mol. The molecular formula is C11H9N3O. The number of hydrogen-bond donors (Lipinski definition) is 2. The third-order valence-electron chi connectivity index (χ3n) is 2.38. The summed E-state index contributed by atoms with van der Waals surface area (Å²) >= 11 is 0. The topological polar surface area (TPSA) is 67.8 Å². The van der Waals surface area contributed by atoms with E-state index in [4.69, 9.17) is 10.3 Å². The van der Waals surface area contributed by atoms with Gasteiger partial charge in [0.2, 0.25) is 0 Å². The van der Waals surface area contributed by atoms with E-state index < -0.39 is 0 Å². The molecule has 4 nitrogen and oxygen atoms in total. The van der Waals surface area contributed by atoms with Crippen LogP contribution in [0, 0.1) is 0 Å². The minimum atomic E-state index is 0.398. The van der Waals surface area contributed by atoms with Gasteiger partial charge >= 0.3 is 0 Å². The Morgan fingerprint density at radius 1 is 1.27 bits per heavy atom. The monoisotopic (exact) mass is 199 g/mol. The maximum atomic E-state index is 5.51. The highest BCUT2D eigenvalue weighted by Gasteiger charge is 2.09. The van der Waals surface area contributed by atoms with Gasteiger partial charge in [-0.15, -0.1) is 0 Å². The van der Waals surface area contributed by atoms with Crippen LogP contribution in [0.5, 0.6) is 0 Å². The van der Waals surface area contributed by atoms with E-state index in [1.54, 1.807) is 6.07 Å². The fourth-order valence-electron chi connectivity index (χ4n) is 1.69. The second kappa shape index (κ2) is 2.88. The van der Waals surface area contributed by atoms with E-state index in [1.807, 2.05) is 30.5 Å². The molecule has 0 aliphatic heterocycles. The van der Waals surface area contributed by atoms with Gasteiger partial charge in [-0.2, -0.15) is 0 Å². The van der Waals surface area contributed by atoms with Gasteiger partial charge in [0.1, 0.15) is 0 Å². The summed E-state index contributed by atoms with van der Waals surface area (Å²) in [5.41, 5.74) is 7.57. The first-order chi connectivity index (χ1) is 7.34. The van der Waals surface area contributed by atoms with Crippen molar-refractivity contribution in [3.05, 3.63) is 36.5 Å². The first-order valence-electron chi connectivity index (χ1n) is 4.63. The van der Waals surface area contributed by atoms with E-state index in [1.165, 1.54) is 0 Å². The van der Waals surface area contributed by atoms with Crippen molar-refractivity contribution in [2.45, 2.75) is 0 Å². The molecule has 0 saturated carbocycles. The van der Waals surface area contributed by atoms with Crippen molar-refractivity contribution in [2.24, 2.45) is 0 Å². The normalized spacial score (nSPS) is 10.9. The molecule has 0 amide bonds. The van der Waals surface area contributed by atoms with Crippen molar-refractivity contribution in [1.29, 1.82) is 0 Å². The molecule has 0 aliphatic carbocycles. The summed E-state index contributed by atoms with van der Waals surface area (Å²) in [6.45, 7) is 0. The number of nitrogens with two attached hydrogens (primary N) is 1. The van der Waals surface area contributed by atoms with Crippen LogP contribution in [-0.2, 0) is 0 Å². The number of hydrogen-bond acceptors (Lipinski definition) is 3. The Hall–Kier alpha value is -2.23. The van der Waals surface area contributed by atoms with E-state index in [2.05, 4.69) is 10.1 Å². The van der Waals surface area contributed by atoms with Gasteiger partial charge in [0.05, 0.1) is 0 Å². The average Bonchev–Trinajstić information content (AvgIpc) is 2.83. The predicted molar refractivity (Wildman–Crippen MR) is 58.2 cm³/mol. The lowest BCUT2D eigenvalue weighted by molar-refractivity contribution is 0.436. The highest BCUT2D eigenvalue weighted by atomic mass is 16.5. The van der Waals surface area contributed by atoms with Gasteiger partial charge < -0.3 is 15.2 Å². The Balaban J connectivity index is 2.27. The van der Waals surface area contributed by atoms with Crippen LogP contribution in [0.3, 0.4) is 0 Å². The minimum Gasteiger partial charge on any atom is -0.381 e. The Bertz CT molecular complexity index is 609. The van der Waals surface area contributed by atoms with Crippen LogP contribution >= 0.6 is 0 Å². The molecule has 0 atom stereocenters. The zero-order chi connectivity index (χ0) is 10.3. The third-order valence-corrected chi connectivity index (χ3v) is 2.38. The van der Waals surface area contributed by atoms with E-state index in [0.717, 1.165) is 16.5 Å². The minimum absolute atomic E-state index is 0.398. The number of nitrogens with one attached hydrogen (secondary N) is 1. The Morgan fingerprint density at radius 2 is 2.13 bits per heavy atom. The van der Waals surface area contributed by atoms with Gasteiger partial charge in [0.25, 0.3) is 0 Å². The number of anilines is 1. The number of para-hydroxylation sites is 1. The summed E-state index contributed by atoms with van der Waals surface area (Å²) in [7, 11) is 0. The molecule has 15 heavy (non-hydrogen) atoms. The summed E-state index contributed by atoms with van der Waals surface area (Å²) in [5.74, 6) is 1.08. The molecule has 74 valence electrons. The third kappa shape index (κ3) is 1.19. The van der Waals surface area contributed by atoms with Crippen LogP contribution in [0.4, 0.5) is 5.82 Å². The number of fused-ring (bicyclic) bond motifs is 1. The molecule has 3 N–H and O–H groups in total. The molecule has 1 aromatic carbocycles. The number of H-pyrrole nitrogens is 1. The molecule has 0 saturated heterocycles. The van der Waals surface area contributed by atoms with E-state index in [0.29, 0.717) is 11.6 Å². The smallest absolute Gasteiger partial charge is 0.171 e. The van der Waals surface area contributed by atoms with Crippen molar-refractivity contribution < 1.29 is 4.52 Å². The van der Waals surface area contributed by atoms with Gasteiger partial charge in [-0.05, 0) is 6.07 Å². The molecule has 4 heteroatoms. The molecule has 2 heterocycles. The van der Waals surface area contributed by atoms with Crippen molar-refractivity contribution in [1.82, 2.24) is 10.1 Å².